The Hall–Kier alpha value is -1.55. The Bertz CT molecular complexity index is 674. The highest BCUT2D eigenvalue weighted by Gasteiger charge is 2.23. The van der Waals surface area contributed by atoms with Gasteiger partial charge in [0.15, 0.2) is 0 Å². The number of halogens is 1. The van der Waals surface area contributed by atoms with Crippen molar-refractivity contribution in [1.82, 2.24) is 9.38 Å². The van der Waals surface area contributed by atoms with Crippen LogP contribution in [0.25, 0.3) is 5.52 Å². The van der Waals surface area contributed by atoms with Gasteiger partial charge >= 0.3 is 5.97 Å². The first-order valence-electron chi connectivity index (χ1n) is 6.73. The van der Waals surface area contributed by atoms with E-state index >= 15 is 0 Å². The Kier molecular flexibility index (Phi) is 4.04. The molecule has 0 radical (unpaired) electrons. The van der Waals surface area contributed by atoms with Gasteiger partial charge in [-0.05, 0) is 32.3 Å². The van der Waals surface area contributed by atoms with E-state index in [4.69, 9.17) is 16.3 Å². The molecule has 2 aromatic heterocycles. The molecule has 0 amide bonds. The average molecular weight is 295 g/mol. The highest BCUT2D eigenvalue weighted by atomic mass is 35.5. The van der Waals surface area contributed by atoms with Gasteiger partial charge in [0.1, 0.15) is 5.15 Å². The lowest BCUT2D eigenvalue weighted by Gasteiger charge is -2.09. The maximum atomic E-state index is 12.1. The van der Waals surface area contributed by atoms with Crippen molar-refractivity contribution in [3.8, 4) is 0 Å². The Balaban J connectivity index is 2.81. The standard InChI is InChI=1S/C15H19ClN2O2/c1-6-20-15(19)12-9(4)14-13(8(2)3)17-11(16)7-18(14)10(12)5/h7-8H,6H2,1-5H3. The van der Waals surface area contributed by atoms with Crippen molar-refractivity contribution >= 4 is 23.1 Å². The van der Waals surface area contributed by atoms with Gasteiger partial charge in [0.2, 0.25) is 0 Å². The smallest absolute Gasteiger partial charge is 0.340 e. The van der Waals surface area contributed by atoms with Gasteiger partial charge in [-0.3, -0.25) is 0 Å². The molecule has 0 aliphatic rings. The molecule has 108 valence electrons. The molecule has 0 spiro atoms. The molecule has 2 aromatic rings. The molecule has 20 heavy (non-hydrogen) atoms. The van der Waals surface area contributed by atoms with Crippen molar-refractivity contribution in [2.24, 2.45) is 0 Å². The van der Waals surface area contributed by atoms with Gasteiger partial charge in [-0.2, -0.15) is 0 Å². The summed E-state index contributed by atoms with van der Waals surface area (Å²) < 4.78 is 7.08. The summed E-state index contributed by atoms with van der Waals surface area (Å²) in [6, 6.07) is 0. The molecule has 0 atom stereocenters. The number of esters is 1. The lowest BCUT2D eigenvalue weighted by Crippen LogP contribution is -2.06. The molecule has 0 N–H and O–H groups in total. The third kappa shape index (κ3) is 2.29. The lowest BCUT2D eigenvalue weighted by atomic mass is 10.1. The highest BCUT2D eigenvalue weighted by molar-refractivity contribution is 6.29. The molecular weight excluding hydrogens is 276 g/mol. The minimum Gasteiger partial charge on any atom is -0.462 e. The first-order chi connectivity index (χ1) is 9.38. The minimum atomic E-state index is -0.294. The van der Waals surface area contributed by atoms with Crippen molar-refractivity contribution in [2.45, 2.75) is 40.5 Å². The predicted molar refractivity (Wildman–Crippen MR) is 79.7 cm³/mol. The summed E-state index contributed by atoms with van der Waals surface area (Å²) in [6.07, 6.45) is 1.74. The van der Waals surface area contributed by atoms with Gasteiger partial charge < -0.3 is 9.14 Å². The van der Waals surface area contributed by atoms with E-state index in [0.29, 0.717) is 17.3 Å². The summed E-state index contributed by atoms with van der Waals surface area (Å²) >= 11 is 6.09. The minimum absolute atomic E-state index is 0.222. The number of hydrogen-bond acceptors (Lipinski definition) is 3. The van der Waals surface area contributed by atoms with Crippen molar-refractivity contribution in [2.75, 3.05) is 6.61 Å². The van der Waals surface area contributed by atoms with Crippen LogP contribution in [0.4, 0.5) is 0 Å². The van der Waals surface area contributed by atoms with Gasteiger partial charge in [0.25, 0.3) is 0 Å². The van der Waals surface area contributed by atoms with Crippen LogP contribution in [0.2, 0.25) is 5.15 Å². The zero-order chi connectivity index (χ0) is 15.0. The van der Waals surface area contributed by atoms with Crippen LogP contribution in [0.1, 0.15) is 54.0 Å². The van der Waals surface area contributed by atoms with Crippen LogP contribution >= 0.6 is 11.6 Å². The Morgan fingerprint density at radius 3 is 2.65 bits per heavy atom. The molecule has 5 heteroatoms. The van der Waals surface area contributed by atoms with Crippen LogP contribution in [0.15, 0.2) is 6.20 Å². The monoisotopic (exact) mass is 294 g/mol. The molecule has 0 saturated heterocycles. The highest BCUT2D eigenvalue weighted by Crippen LogP contribution is 2.30. The number of aryl methyl sites for hydroxylation is 2. The Morgan fingerprint density at radius 2 is 2.10 bits per heavy atom. The maximum Gasteiger partial charge on any atom is 0.340 e. The van der Waals surface area contributed by atoms with E-state index in [1.807, 2.05) is 18.2 Å². The van der Waals surface area contributed by atoms with Gasteiger partial charge in [-0.1, -0.05) is 25.4 Å². The van der Waals surface area contributed by atoms with Crippen LogP contribution in [0.3, 0.4) is 0 Å². The van der Waals surface area contributed by atoms with E-state index < -0.39 is 0 Å². The molecule has 0 bridgehead atoms. The van der Waals surface area contributed by atoms with Crippen LogP contribution in [0.5, 0.6) is 0 Å². The first-order valence-corrected chi connectivity index (χ1v) is 7.11. The van der Waals surface area contributed by atoms with Gasteiger partial charge in [-0.15, -0.1) is 0 Å². The van der Waals surface area contributed by atoms with Gasteiger partial charge in [-0.25, -0.2) is 9.78 Å². The third-order valence-corrected chi connectivity index (χ3v) is 3.61. The van der Waals surface area contributed by atoms with E-state index in [2.05, 4.69) is 18.8 Å². The molecule has 2 rings (SSSR count). The fourth-order valence-electron chi connectivity index (χ4n) is 2.55. The molecule has 0 aliphatic heterocycles. The zero-order valence-electron chi connectivity index (χ0n) is 12.5. The molecular formula is C15H19ClN2O2. The first kappa shape index (κ1) is 14.9. The normalized spacial score (nSPS) is 11.3. The van der Waals surface area contributed by atoms with Crippen molar-refractivity contribution in [3.05, 3.63) is 33.9 Å². The molecule has 2 heterocycles. The molecule has 4 nitrogen and oxygen atoms in total. The molecule has 0 unspecified atom stereocenters. The SMILES string of the molecule is CCOC(=O)c1c(C)c2c(C(C)C)nc(Cl)cn2c1C. The summed E-state index contributed by atoms with van der Waals surface area (Å²) in [4.78, 5) is 16.5. The van der Waals surface area contributed by atoms with E-state index in [0.717, 1.165) is 22.5 Å². The second kappa shape index (κ2) is 5.44. The summed E-state index contributed by atoms with van der Waals surface area (Å²) in [5, 5.41) is 0.426. The number of rotatable bonds is 3. The number of aromatic nitrogens is 2. The van der Waals surface area contributed by atoms with E-state index in [9.17, 15) is 4.79 Å². The molecule has 0 saturated carbocycles. The van der Waals surface area contributed by atoms with Gasteiger partial charge in [0.05, 0.1) is 23.4 Å². The number of hydrogen-bond donors (Lipinski definition) is 0. The maximum absolute atomic E-state index is 12.1. The van der Waals surface area contributed by atoms with Crippen molar-refractivity contribution in [1.29, 1.82) is 0 Å². The summed E-state index contributed by atoms with van der Waals surface area (Å²) in [6.45, 7) is 10.1. The molecule has 0 fully saturated rings. The Morgan fingerprint density at radius 1 is 1.45 bits per heavy atom. The van der Waals surface area contributed by atoms with Crippen LogP contribution < -0.4 is 0 Å². The number of fused-ring (bicyclic) bond motifs is 1. The van der Waals surface area contributed by atoms with E-state index in [1.165, 1.54) is 0 Å². The summed E-state index contributed by atoms with van der Waals surface area (Å²) in [5.41, 5.74) is 4.19. The largest absolute Gasteiger partial charge is 0.462 e. The topological polar surface area (TPSA) is 43.6 Å². The van der Waals surface area contributed by atoms with E-state index in [1.54, 1.807) is 13.1 Å². The Labute approximate surface area is 123 Å². The second-order valence-corrected chi connectivity index (χ2v) is 5.52. The van der Waals surface area contributed by atoms with Crippen LogP contribution in [-0.2, 0) is 4.74 Å². The van der Waals surface area contributed by atoms with Gasteiger partial charge in [0, 0.05) is 11.9 Å². The number of nitrogens with zero attached hydrogens (tertiary/aromatic N) is 2. The number of ether oxygens (including phenoxy) is 1. The summed E-state index contributed by atoms with van der Waals surface area (Å²) in [7, 11) is 0. The van der Waals surface area contributed by atoms with E-state index in [-0.39, 0.29) is 11.9 Å². The molecule has 0 aliphatic carbocycles. The third-order valence-electron chi connectivity index (χ3n) is 3.43. The molecule has 0 aromatic carbocycles. The average Bonchev–Trinajstić information content (AvgIpc) is 2.61. The fraction of sp³-hybridized carbons (Fsp3) is 0.467. The fourth-order valence-corrected chi connectivity index (χ4v) is 2.73. The van der Waals surface area contributed by atoms with Crippen molar-refractivity contribution in [3.63, 3.8) is 0 Å². The lowest BCUT2D eigenvalue weighted by molar-refractivity contribution is 0.0525. The van der Waals surface area contributed by atoms with Crippen LogP contribution in [-0.4, -0.2) is 22.0 Å². The van der Waals surface area contributed by atoms with Crippen molar-refractivity contribution < 1.29 is 9.53 Å². The number of carbonyl (C=O) groups excluding carboxylic acids is 1. The quantitative estimate of drug-likeness (QED) is 0.806. The zero-order valence-corrected chi connectivity index (χ0v) is 13.2. The second-order valence-electron chi connectivity index (χ2n) is 5.13. The number of carbonyl (C=O) groups is 1. The van der Waals surface area contributed by atoms with Crippen LogP contribution in [0, 0.1) is 13.8 Å². The predicted octanol–water partition coefficient (Wildman–Crippen LogP) is 3.90. The summed E-state index contributed by atoms with van der Waals surface area (Å²) in [5.74, 6) is -0.0729.